The van der Waals surface area contributed by atoms with Crippen LogP contribution < -0.4 is 10.6 Å². The molecule has 0 aromatic heterocycles. The summed E-state index contributed by atoms with van der Waals surface area (Å²) in [5.41, 5.74) is -0.940. The Morgan fingerprint density at radius 2 is 1.90 bits per heavy atom. The lowest BCUT2D eigenvalue weighted by Crippen LogP contribution is -2.32. The van der Waals surface area contributed by atoms with Crippen molar-refractivity contribution in [1.82, 2.24) is 5.32 Å². The van der Waals surface area contributed by atoms with Crippen LogP contribution in [0.1, 0.15) is 10.4 Å². The zero-order valence-electron chi connectivity index (χ0n) is 10.4. The number of urea groups is 1. The van der Waals surface area contributed by atoms with Gasteiger partial charge in [0.1, 0.15) is 0 Å². The van der Waals surface area contributed by atoms with Gasteiger partial charge in [-0.3, -0.25) is 4.21 Å². The number of amides is 2. The monoisotopic (exact) mass is 306 g/mol. The fourth-order valence-electron chi connectivity index (χ4n) is 1.30. The predicted octanol–water partition coefficient (Wildman–Crippen LogP) is 1.16. The minimum absolute atomic E-state index is 0.0982. The minimum atomic E-state index is -1.51. The molecule has 20 heavy (non-hydrogen) atoms. The average molecular weight is 306 g/mol. The molecular formula is C11H12F2N2O4S. The number of hydrogen-bond acceptors (Lipinski definition) is 3. The summed E-state index contributed by atoms with van der Waals surface area (Å²) in [5, 5.41) is 13.2. The van der Waals surface area contributed by atoms with Crippen molar-refractivity contribution in [3.05, 3.63) is 29.3 Å². The molecule has 9 heteroatoms. The number of aromatic carboxylic acids is 1. The first kappa shape index (κ1) is 16.0. The summed E-state index contributed by atoms with van der Waals surface area (Å²) in [5.74, 6) is -3.89. The highest BCUT2D eigenvalue weighted by atomic mass is 32.2. The van der Waals surface area contributed by atoms with Crippen molar-refractivity contribution in [2.75, 3.05) is 23.9 Å². The molecule has 110 valence electrons. The van der Waals surface area contributed by atoms with E-state index in [1.807, 2.05) is 0 Å². The van der Waals surface area contributed by atoms with Gasteiger partial charge in [-0.2, -0.15) is 0 Å². The zero-order valence-corrected chi connectivity index (χ0v) is 11.2. The van der Waals surface area contributed by atoms with Gasteiger partial charge in [0.05, 0.1) is 11.3 Å². The number of carbonyl (C=O) groups is 2. The Morgan fingerprint density at radius 3 is 2.45 bits per heavy atom. The van der Waals surface area contributed by atoms with E-state index in [4.69, 9.17) is 5.11 Å². The van der Waals surface area contributed by atoms with Crippen LogP contribution in [0.25, 0.3) is 0 Å². The summed E-state index contributed by atoms with van der Waals surface area (Å²) in [6.07, 6.45) is 1.46. The summed E-state index contributed by atoms with van der Waals surface area (Å²) < 4.78 is 36.8. The van der Waals surface area contributed by atoms with Crippen molar-refractivity contribution in [3.63, 3.8) is 0 Å². The molecule has 0 aliphatic rings. The van der Waals surface area contributed by atoms with E-state index in [-0.39, 0.29) is 18.0 Å². The van der Waals surface area contributed by atoms with E-state index in [0.717, 1.165) is 0 Å². The molecule has 0 aliphatic heterocycles. The Morgan fingerprint density at radius 1 is 1.30 bits per heavy atom. The number of benzene rings is 1. The molecule has 0 fully saturated rings. The highest BCUT2D eigenvalue weighted by Crippen LogP contribution is 2.20. The van der Waals surface area contributed by atoms with Gasteiger partial charge in [-0.15, -0.1) is 0 Å². The molecule has 1 unspecified atom stereocenters. The van der Waals surface area contributed by atoms with Crippen LogP contribution in [0.5, 0.6) is 0 Å². The van der Waals surface area contributed by atoms with E-state index < -0.39 is 40.0 Å². The molecule has 0 bridgehead atoms. The fraction of sp³-hybridized carbons (Fsp3) is 0.273. The van der Waals surface area contributed by atoms with Crippen molar-refractivity contribution in [1.29, 1.82) is 0 Å². The maximum absolute atomic E-state index is 13.1. The van der Waals surface area contributed by atoms with Crippen LogP contribution in [0.2, 0.25) is 0 Å². The maximum Gasteiger partial charge on any atom is 0.337 e. The lowest BCUT2D eigenvalue weighted by molar-refractivity contribution is 0.0697. The van der Waals surface area contributed by atoms with E-state index >= 15 is 0 Å². The van der Waals surface area contributed by atoms with Crippen molar-refractivity contribution >= 4 is 28.5 Å². The number of rotatable bonds is 5. The van der Waals surface area contributed by atoms with E-state index in [2.05, 4.69) is 10.6 Å². The molecule has 0 heterocycles. The van der Waals surface area contributed by atoms with Crippen LogP contribution in [0, 0.1) is 11.6 Å². The molecular weight excluding hydrogens is 294 g/mol. The van der Waals surface area contributed by atoms with Crippen LogP contribution in [0.15, 0.2) is 12.1 Å². The SMILES string of the molecule is CS(=O)CCNC(=O)Nc1cc(F)c(F)cc1C(=O)O. The van der Waals surface area contributed by atoms with Crippen LogP contribution >= 0.6 is 0 Å². The lowest BCUT2D eigenvalue weighted by Gasteiger charge is -2.10. The number of carboxylic acid groups (broad SMARTS) is 1. The Labute approximate surface area is 115 Å². The van der Waals surface area contributed by atoms with Gasteiger partial charge < -0.3 is 15.7 Å². The number of nitrogens with one attached hydrogen (secondary N) is 2. The second-order valence-electron chi connectivity index (χ2n) is 3.78. The second-order valence-corrected chi connectivity index (χ2v) is 5.33. The first-order valence-electron chi connectivity index (χ1n) is 5.38. The third-order valence-corrected chi connectivity index (χ3v) is 2.99. The first-order chi connectivity index (χ1) is 9.31. The first-order valence-corrected chi connectivity index (χ1v) is 7.11. The van der Waals surface area contributed by atoms with Gasteiger partial charge in [0.15, 0.2) is 11.6 Å². The fourth-order valence-corrected chi connectivity index (χ4v) is 1.69. The highest BCUT2D eigenvalue weighted by Gasteiger charge is 2.16. The molecule has 1 aromatic rings. The Balaban J connectivity index is 2.80. The summed E-state index contributed by atoms with van der Waals surface area (Å²) in [6.45, 7) is 0.0982. The normalized spacial score (nSPS) is 11.8. The standard InChI is InChI=1S/C11H12F2N2O4S/c1-20(19)3-2-14-11(18)15-9-5-8(13)7(12)4-6(9)10(16)17/h4-5H,2-3H2,1H3,(H,16,17)(H2,14,15,18). The maximum atomic E-state index is 13.1. The average Bonchev–Trinajstić information content (AvgIpc) is 2.32. The number of halogens is 2. The molecule has 0 saturated carbocycles. The lowest BCUT2D eigenvalue weighted by atomic mass is 10.1. The molecule has 0 radical (unpaired) electrons. The van der Waals surface area contributed by atoms with Gasteiger partial charge in [0, 0.05) is 35.4 Å². The van der Waals surface area contributed by atoms with Gasteiger partial charge in [-0.1, -0.05) is 0 Å². The van der Waals surface area contributed by atoms with Crippen LogP contribution in [0.4, 0.5) is 19.3 Å². The van der Waals surface area contributed by atoms with Crippen LogP contribution in [0.3, 0.4) is 0 Å². The molecule has 2 amide bonds. The highest BCUT2D eigenvalue weighted by molar-refractivity contribution is 7.84. The van der Waals surface area contributed by atoms with Crippen molar-refractivity contribution in [3.8, 4) is 0 Å². The quantitative estimate of drug-likeness (QED) is 0.761. The van der Waals surface area contributed by atoms with Gasteiger partial charge in [0.2, 0.25) is 0 Å². The largest absolute Gasteiger partial charge is 0.478 e. The molecule has 0 aliphatic carbocycles. The summed E-state index contributed by atoms with van der Waals surface area (Å²) >= 11 is 0. The molecule has 6 nitrogen and oxygen atoms in total. The third kappa shape index (κ3) is 4.57. The Kier molecular flexibility index (Phi) is 5.56. The number of carboxylic acids is 1. The molecule has 0 spiro atoms. The second kappa shape index (κ2) is 6.94. The summed E-state index contributed by atoms with van der Waals surface area (Å²) in [6, 6.07) is 0.258. The minimum Gasteiger partial charge on any atom is -0.478 e. The number of hydrogen-bond donors (Lipinski definition) is 3. The van der Waals surface area contributed by atoms with Gasteiger partial charge >= 0.3 is 12.0 Å². The number of anilines is 1. The summed E-state index contributed by atoms with van der Waals surface area (Å²) in [4.78, 5) is 22.3. The molecule has 1 aromatic carbocycles. The Bertz CT molecular complexity index is 566. The molecule has 1 atom stereocenters. The van der Waals surface area contributed by atoms with Crippen molar-refractivity contribution in [2.24, 2.45) is 0 Å². The zero-order chi connectivity index (χ0) is 15.3. The van der Waals surface area contributed by atoms with E-state index in [9.17, 15) is 22.6 Å². The molecule has 0 saturated heterocycles. The van der Waals surface area contributed by atoms with Gasteiger partial charge in [0.25, 0.3) is 0 Å². The van der Waals surface area contributed by atoms with Crippen molar-refractivity contribution in [2.45, 2.75) is 0 Å². The van der Waals surface area contributed by atoms with E-state index in [0.29, 0.717) is 12.1 Å². The van der Waals surface area contributed by atoms with Gasteiger partial charge in [-0.05, 0) is 6.07 Å². The third-order valence-electron chi connectivity index (χ3n) is 2.21. The van der Waals surface area contributed by atoms with E-state index in [1.54, 1.807) is 0 Å². The number of carbonyl (C=O) groups excluding carboxylic acids is 1. The Hall–Kier alpha value is -2.03. The topological polar surface area (TPSA) is 95.5 Å². The summed E-state index contributed by atoms with van der Waals surface area (Å²) in [7, 11) is -1.09. The van der Waals surface area contributed by atoms with Crippen LogP contribution in [-0.2, 0) is 10.8 Å². The van der Waals surface area contributed by atoms with Crippen LogP contribution in [-0.4, -0.2) is 39.9 Å². The smallest absolute Gasteiger partial charge is 0.337 e. The van der Waals surface area contributed by atoms with Crippen molar-refractivity contribution < 1.29 is 27.7 Å². The molecule has 3 N–H and O–H groups in total. The van der Waals surface area contributed by atoms with E-state index in [1.165, 1.54) is 6.26 Å². The predicted molar refractivity (Wildman–Crippen MR) is 69.3 cm³/mol. The molecule has 1 rings (SSSR count). The van der Waals surface area contributed by atoms with Gasteiger partial charge in [-0.25, -0.2) is 18.4 Å².